The number of ether oxygens (including phenoxy) is 2. The normalized spacial score (nSPS) is 24.1. The summed E-state index contributed by atoms with van der Waals surface area (Å²) in [5, 5.41) is 16.3. The first-order valence-electron chi connectivity index (χ1n) is 8.37. The maximum absolute atomic E-state index is 12.5. The summed E-state index contributed by atoms with van der Waals surface area (Å²) < 4.78 is 10.9. The minimum absolute atomic E-state index is 0.135. The zero-order valence-corrected chi connectivity index (χ0v) is 14.8. The lowest BCUT2D eigenvalue weighted by molar-refractivity contribution is -0.130. The van der Waals surface area contributed by atoms with Crippen LogP contribution >= 0.6 is 0 Å². The van der Waals surface area contributed by atoms with E-state index in [9.17, 15) is 14.4 Å². The molecule has 2 aliphatic rings. The number of benzene rings is 1. The first kappa shape index (κ1) is 18.3. The van der Waals surface area contributed by atoms with Gasteiger partial charge >= 0.3 is 12.1 Å². The van der Waals surface area contributed by atoms with Crippen LogP contribution in [0.15, 0.2) is 18.2 Å². The van der Waals surface area contributed by atoms with Gasteiger partial charge in [-0.05, 0) is 24.6 Å². The Morgan fingerprint density at radius 1 is 1.19 bits per heavy atom. The molecule has 1 aromatic carbocycles. The van der Waals surface area contributed by atoms with Gasteiger partial charge in [0.2, 0.25) is 5.91 Å². The van der Waals surface area contributed by atoms with Crippen molar-refractivity contribution in [1.29, 1.82) is 5.26 Å². The van der Waals surface area contributed by atoms with E-state index in [-0.39, 0.29) is 6.61 Å². The molecule has 0 saturated carbocycles. The summed E-state index contributed by atoms with van der Waals surface area (Å²) in [6.45, 7) is 2.04. The summed E-state index contributed by atoms with van der Waals surface area (Å²) in [5.41, 5.74) is 0.616. The molecule has 3 atom stereocenters. The summed E-state index contributed by atoms with van der Waals surface area (Å²) in [6.07, 6.45) is -0.768. The quantitative estimate of drug-likeness (QED) is 0.687. The van der Waals surface area contributed by atoms with Gasteiger partial charge in [-0.2, -0.15) is 5.26 Å². The van der Waals surface area contributed by atoms with Crippen molar-refractivity contribution in [2.75, 3.05) is 20.3 Å². The topological polar surface area (TPSA) is 133 Å². The van der Waals surface area contributed by atoms with Gasteiger partial charge in [-0.25, -0.2) is 9.59 Å². The van der Waals surface area contributed by atoms with Crippen molar-refractivity contribution in [3.8, 4) is 17.6 Å². The number of nitriles is 1. The number of fused-ring (bicyclic) bond motifs is 1. The third kappa shape index (κ3) is 3.44. The Hall–Kier alpha value is -3.48. The maximum Gasteiger partial charge on any atom is 0.325 e. The van der Waals surface area contributed by atoms with Crippen molar-refractivity contribution in [3.05, 3.63) is 23.8 Å². The van der Waals surface area contributed by atoms with Gasteiger partial charge in [0.1, 0.15) is 18.2 Å². The Balaban J connectivity index is 1.97. The van der Waals surface area contributed by atoms with Gasteiger partial charge in [-0.15, -0.1) is 0 Å². The van der Waals surface area contributed by atoms with Gasteiger partial charge in [-0.3, -0.25) is 10.1 Å². The predicted molar refractivity (Wildman–Crippen MR) is 91.7 cm³/mol. The molecule has 2 saturated heterocycles. The second kappa shape index (κ2) is 7.41. The van der Waals surface area contributed by atoms with E-state index in [2.05, 4.69) is 16.0 Å². The number of imide groups is 1. The van der Waals surface area contributed by atoms with Gasteiger partial charge < -0.3 is 25.0 Å². The van der Waals surface area contributed by atoms with E-state index >= 15 is 0 Å². The van der Waals surface area contributed by atoms with Crippen molar-refractivity contribution < 1.29 is 23.9 Å². The number of hydrogen-bond acceptors (Lipinski definition) is 6. The fourth-order valence-electron chi connectivity index (χ4n) is 3.22. The highest BCUT2D eigenvalue weighted by Crippen LogP contribution is 2.36. The zero-order valence-electron chi connectivity index (χ0n) is 14.8. The molecule has 2 fully saturated rings. The van der Waals surface area contributed by atoms with Gasteiger partial charge in [-0.1, -0.05) is 6.07 Å². The van der Waals surface area contributed by atoms with Crippen LogP contribution in [0.5, 0.6) is 11.5 Å². The monoisotopic (exact) mass is 373 g/mol. The molecule has 0 bridgehead atoms. The molecule has 0 aliphatic carbocycles. The fraction of sp³-hybridized carbons (Fsp3) is 0.412. The third-order valence-electron chi connectivity index (χ3n) is 4.45. The smallest absolute Gasteiger partial charge is 0.325 e. The second-order valence-corrected chi connectivity index (χ2v) is 6.06. The molecule has 3 unspecified atom stereocenters. The molecule has 0 aromatic heterocycles. The standard InChI is InChI=1S/C17H19N5O5/c1-3-26-11-8-9(4-5-10(11)27-7-6-18)13-12-14(20-16(24)19-13)22(2)17(25)21-15(12)23/h4-5,8,12-14H,3,7H2,1-2H3,(H2,19,20,24)(H,21,23,25). The Kier molecular flexibility index (Phi) is 5.03. The largest absolute Gasteiger partial charge is 0.490 e. The van der Waals surface area contributed by atoms with Gasteiger partial charge in [0.05, 0.1) is 12.6 Å². The van der Waals surface area contributed by atoms with Crippen LogP contribution in [0.25, 0.3) is 0 Å². The molecular formula is C17H19N5O5. The van der Waals surface area contributed by atoms with E-state index in [1.807, 2.05) is 6.07 Å². The van der Waals surface area contributed by atoms with E-state index in [4.69, 9.17) is 14.7 Å². The van der Waals surface area contributed by atoms with Crippen LogP contribution in [0.1, 0.15) is 18.5 Å². The number of nitrogens with zero attached hydrogens (tertiary/aromatic N) is 2. The number of carbonyl (C=O) groups excluding carboxylic acids is 3. The average Bonchev–Trinajstić information content (AvgIpc) is 2.64. The Morgan fingerprint density at radius 2 is 1.96 bits per heavy atom. The van der Waals surface area contributed by atoms with Crippen molar-refractivity contribution >= 4 is 18.0 Å². The van der Waals surface area contributed by atoms with Crippen LogP contribution in [-0.2, 0) is 4.79 Å². The lowest BCUT2D eigenvalue weighted by Gasteiger charge is -2.45. The minimum Gasteiger partial charge on any atom is -0.490 e. The molecule has 0 spiro atoms. The Bertz CT molecular complexity index is 820. The summed E-state index contributed by atoms with van der Waals surface area (Å²) in [7, 11) is 1.51. The highest BCUT2D eigenvalue weighted by atomic mass is 16.5. The van der Waals surface area contributed by atoms with Gasteiger partial charge in [0.25, 0.3) is 0 Å². The highest BCUT2D eigenvalue weighted by Gasteiger charge is 2.48. The minimum atomic E-state index is -0.768. The van der Waals surface area contributed by atoms with Gasteiger partial charge in [0.15, 0.2) is 18.1 Å². The molecule has 3 rings (SSSR count). The fourth-order valence-corrected chi connectivity index (χ4v) is 3.22. The SMILES string of the molecule is CCOc1cc(C2NC(=O)NC3C2C(=O)NC(=O)N3C)ccc1OCC#N. The summed E-state index contributed by atoms with van der Waals surface area (Å²) in [4.78, 5) is 37.7. The number of amides is 5. The number of nitrogens with one attached hydrogen (secondary N) is 3. The molecule has 0 radical (unpaired) electrons. The average molecular weight is 373 g/mol. The van der Waals surface area contributed by atoms with E-state index in [0.717, 1.165) is 0 Å². The van der Waals surface area contributed by atoms with E-state index < -0.39 is 36.1 Å². The molecule has 5 amide bonds. The van der Waals surface area contributed by atoms with E-state index in [0.29, 0.717) is 23.7 Å². The number of carbonyl (C=O) groups is 3. The number of urea groups is 2. The first-order chi connectivity index (χ1) is 13.0. The molecular weight excluding hydrogens is 354 g/mol. The van der Waals surface area contributed by atoms with Crippen molar-refractivity contribution in [3.63, 3.8) is 0 Å². The van der Waals surface area contributed by atoms with Crippen molar-refractivity contribution in [2.24, 2.45) is 5.92 Å². The maximum atomic E-state index is 12.5. The molecule has 10 nitrogen and oxygen atoms in total. The van der Waals surface area contributed by atoms with Crippen LogP contribution in [0.2, 0.25) is 0 Å². The van der Waals surface area contributed by atoms with Crippen LogP contribution < -0.4 is 25.4 Å². The second-order valence-electron chi connectivity index (χ2n) is 6.06. The molecule has 142 valence electrons. The van der Waals surface area contributed by atoms with Crippen LogP contribution in [0.4, 0.5) is 9.59 Å². The highest BCUT2D eigenvalue weighted by molar-refractivity contribution is 6.00. The van der Waals surface area contributed by atoms with E-state index in [1.165, 1.54) is 11.9 Å². The molecule has 3 N–H and O–H groups in total. The predicted octanol–water partition coefficient (Wildman–Crippen LogP) is 0.465. The zero-order chi connectivity index (χ0) is 19.6. The molecule has 27 heavy (non-hydrogen) atoms. The van der Waals surface area contributed by atoms with E-state index in [1.54, 1.807) is 25.1 Å². The van der Waals surface area contributed by atoms with Crippen molar-refractivity contribution in [1.82, 2.24) is 20.9 Å². The first-order valence-corrected chi connectivity index (χ1v) is 8.37. The Morgan fingerprint density at radius 3 is 2.67 bits per heavy atom. The molecule has 10 heteroatoms. The third-order valence-corrected chi connectivity index (χ3v) is 4.45. The summed E-state index contributed by atoms with van der Waals surface area (Å²) in [5.74, 6) is -0.427. The number of hydrogen-bond donors (Lipinski definition) is 3. The lowest BCUT2D eigenvalue weighted by atomic mass is 9.86. The van der Waals surface area contributed by atoms with Crippen LogP contribution in [0, 0.1) is 17.2 Å². The summed E-state index contributed by atoms with van der Waals surface area (Å²) in [6, 6.07) is 5.12. The molecule has 2 heterocycles. The Labute approximate surface area is 155 Å². The van der Waals surface area contributed by atoms with Crippen molar-refractivity contribution in [2.45, 2.75) is 19.1 Å². The summed E-state index contributed by atoms with van der Waals surface area (Å²) >= 11 is 0. The van der Waals surface area contributed by atoms with Crippen LogP contribution in [0.3, 0.4) is 0 Å². The number of rotatable bonds is 5. The van der Waals surface area contributed by atoms with Crippen LogP contribution in [-0.4, -0.2) is 49.3 Å². The molecule has 1 aromatic rings. The van der Waals surface area contributed by atoms with Gasteiger partial charge in [0, 0.05) is 7.05 Å². The molecule has 2 aliphatic heterocycles. The lowest BCUT2D eigenvalue weighted by Crippen LogP contribution is -2.71.